The molecule has 4 nitrogen and oxygen atoms in total. The van der Waals surface area contributed by atoms with Crippen molar-refractivity contribution in [1.29, 1.82) is 0 Å². The van der Waals surface area contributed by atoms with Gasteiger partial charge in [-0.2, -0.15) is 0 Å². The van der Waals surface area contributed by atoms with Gasteiger partial charge in [0.05, 0.1) is 0 Å². The van der Waals surface area contributed by atoms with E-state index in [1.54, 1.807) is 36.4 Å². The summed E-state index contributed by atoms with van der Waals surface area (Å²) in [7, 11) is -5.35. The molecule has 1 N–H and O–H groups in total. The standard InChI is InChI=1S/C12H11FIO4P/c13-19(16,17)18-14(15,11-7-3-1-4-8-11)12-9-5-2-6-10-12/h1-10H,(H,16,17). The average Bonchev–Trinajstić information content (AvgIpc) is 2.39. The Labute approximate surface area is 114 Å². The molecule has 0 spiro atoms. The van der Waals surface area contributed by atoms with E-state index in [9.17, 15) is 11.8 Å². The van der Waals surface area contributed by atoms with Gasteiger partial charge in [0.25, 0.3) is 0 Å². The molecule has 1 atom stereocenters. The van der Waals surface area contributed by atoms with Crippen molar-refractivity contribution in [3.63, 3.8) is 0 Å². The normalized spacial score (nSPS) is 15.7. The number of rotatable bonds is 4. The molecular formula is C12H11FIO4P. The van der Waals surface area contributed by atoms with Crippen LogP contribution in [0.15, 0.2) is 60.7 Å². The van der Waals surface area contributed by atoms with Crippen LogP contribution >= 0.6 is 26.7 Å². The zero-order valence-corrected chi connectivity index (χ0v) is 12.7. The number of hydrogen-bond donors (Lipinski definition) is 1. The summed E-state index contributed by atoms with van der Waals surface area (Å²) >= 11 is -4.78. The minimum atomic E-state index is -5.35. The van der Waals surface area contributed by atoms with Crippen molar-refractivity contribution in [2.75, 3.05) is 0 Å². The van der Waals surface area contributed by atoms with Crippen LogP contribution in [0.2, 0.25) is 0 Å². The molecule has 102 valence electrons. The van der Waals surface area contributed by atoms with E-state index in [4.69, 9.17) is 4.89 Å². The van der Waals surface area contributed by atoms with E-state index in [0.717, 1.165) is 0 Å². The molecule has 0 bridgehead atoms. The molecule has 0 radical (unpaired) electrons. The molecule has 0 amide bonds. The molecule has 2 aromatic rings. The summed E-state index contributed by atoms with van der Waals surface area (Å²) in [5, 5.41) is 0. The maximum atomic E-state index is 13.0. The van der Waals surface area contributed by atoms with Gasteiger partial charge in [-0.15, -0.1) is 0 Å². The summed E-state index contributed by atoms with van der Waals surface area (Å²) in [4.78, 5) is 8.79. The van der Waals surface area contributed by atoms with Gasteiger partial charge in [-0.05, 0) is 0 Å². The van der Waals surface area contributed by atoms with E-state index >= 15 is 0 Å². The van der Waals surface area contributed by atoms with Crippen LogP contribution in [-0.2, 0) is 10.5 Å². The topological polar surface area (TPSA) is 63.6 Å². The zero-order chi connectivity index (χ0) is 13.9. The Morgan fingerprint density at radius 3 is 1.63 bits per heavy atom. The minimum absolute atomic E-state index is 0.229. The molecule has 2 aromatic carbocycles. The Morgan fingerprint density at radius 2 is 1.32 bits per heavy atom. The van der Waals surface area contributed by atoms with Gasteiger partial charge < -0.3 is 0 Å². The molecule has 0 saturated heterocycles. The summed E-state index contributed by atoms with van der Waals surface area (Å²) in [6.07, 6.45) is 0. The van der Waals surface area contributed by atoms with Crippen LogP contribution < -0.4 is 0 Å². The predicted octanol–water partition coefficient (Wildman–Crippen LogP) is 4.12. The van der Waals surface area contributed by atoms with Gasteiger partial charge in [0, 0.05) is 0 Å². The van der Waals surface area contributed by atoms with Crippen LogP contribution in [0.3, 0.4) is 0 Å². The SMILES string of the molecule is O=P(O)(F)OI(=O)(c1ccccc1)c1ccccc1. The van der Waals surface area contributed by atoms with Gasteiger partial charge in [0.1, 0.15) is 0 Å². The van der Waals surface area contributed by atoms with E-state index < -0.39 is 26.7 Å². The molecule has 0 fully saturated rings. The molecule has 0 aliphatic carbocycles. The third-order valence-electron chi connectivity index (χ3n) is 2.22. The van der Waals surface area contributed by atoms with Gasteiger partial charge >= 0.3 is 114 Å². The third kappa shape index (κ3) is 3.54. The van der Waals surface area contributed by atoms with E-state index in [2.05, 4.69) is 2.85 Å². The fraction of sp³-hybridized carbons (Fsp3) is 0. The number of halogens is 2. The Kier molecular flexibility index (Phi) is 4.25. The molecule has 0 heterocycles. The Hall–Kier alpha value is -0.950. The first-order chi connectivity index (χ1) is 8.92. The van der Waals surface area contributed by atoms with Crippen molar-refractivity contribution in [3.8, 4) is 0 Å². The van der Waals surface area contributed by atoms with Crippen LogP contribution in [0.25, 0.3) is 0 Å². The van der Waals surface area contributed by atoms with Crippen LogP contribution in [0.4, 0.5) is 4.20 Å². The van der Waals surface area contributed by atoms with Gasteiger partial charge in [0.15, 0.2) is 0 Å². The second kappa shape index (κ2) is 5.58. The van der Waals surface area contributed by atoms with E-state index in [1.807, 2.05) is 0 Å². The first-order valence-electron chi connectivity index (χ1n) is 5.24. The molecule has 0 saturated carbocycles. The summed E-state index contributed by atoms with van der Waals surface area (Å²) in [6, 6.07) is 15.8. The fourth-order valence-corrected chi connectivity index (χ4v) is 8.75. The average molecular weight is 396 g/mol. The Morgan fingerprint density at radius 1 is 0.947 bits per heavy atom. The van der Waals surface area contributed by atoms with Gasteiger partial charge in [-0.25, -0.2) is 0 Å². The third-order valence-corrected chi connectivity index (χ3v) is 10.4. The first-order valence-corrected chi connectivity index (χ1v) is 10.6. The van der Waals surface area contributed by atoms with E-state index in [1.165, 1.54) is 24.3 Å². The van der Waals surface area contributed by atoms with Gasteiger partial charge in [-0.3, -0.25) is 0 Å². The number of benzene rings is 2. The molecule has 0 aliphatic rings. The molecule has 7 heteroatoms. The van der Waals surface area contributed by atoms with Crippen LogP contribution in [0.5, 0.6) is 0 Å². The van der Waals surface area contributed by atoms with Crippen molar-refractivity contribution in [3.05, 3.63) is 67.8 Å². The molecule has 19 heavy (non-hydrogen) atoms. The van der Waals surface area contributed by atoms with E-state index in [-0.39, 0.29) is 7.14 Å². The van der Waals surface area contributed by atoms with Crippen molar-refractivity contribution < 1.29 is 19.6 Å². The number of hydrogen-bond acceptors (Lipinski definition) is 3. The molecule has 0 aliphatic heterocycles. The summed E-state index contributed by atoms with van der Waals surface area (Å²) in [5.41, 5.74) is 0. The maximum absolute atomic E-state index is 13.0. The quantitative estimate of drug-likeness (QED) is 0.624. The summed E-state index contributed by atoms with van der Waals surface area (Å²) in [6.45, 7) is 0. The molecule has 2 rings (SSSR count). The molecule has 1 unspecified atom stereocenters. The molecular weight excluding hydrogens is 385 g/mol. The zero-order valence-electron chi connectivity index (χ0n) is 9.65. The Bertz CT molecular complexity index is 598. The van der Waals surface area contributed by atoms with Crippen molar-refractivity contribution in [2.24, 2.45) is 0 Å². The monoisotopic (exact) mass is 396 g/mol. The van der Waals surface area contributed by atoms with Crippen LogP contribution in [0, 0.1) is 7.14 Å². The van der Waals surface area contributed by atoms with Crippen molar-refractivity contribution in [1.82, 2.24) is 0 Å². The summed E-state index contributed by atoms with van der Waals surface area (Å²) in [5.74, 6) is 0. The molecule has 0 aromatic heterocycles. The van der Waals surface area contributed by atoms with Crippen LogP contribution in [-0.4, -0.2) is 4.89 Å². The van der Waals surface area contributed by atoms with Gasteiger partial charge in [0.2, 0.25) is 0 Å². The van der Waals surface area contributed by atoms with E-state index in [0.29, 0.717) is 0 Å². The van der Waals surface area contributed by atoms with Crippen molar-refractivity contribution in [2.45, 2.75) is 0 Å². The van der Waals surface area contributed by atoms with Crippen molar-refractivity contribution >= 4 is 26.7 Å². The predicted molar refractivity (Wildman–Crippen MR) is 77.0 cm³/mol. The summed E-state index contributed by atoms with van der Waals surface area (Å²) < 4.78 is 41.7. The first kappa shape index (κ1) is 14.5. The Balaban J connectivity index is 2.58. The van der Waals surface area contributed by atoms with Crippen LogP contribution in [0.1, 0.15) is 0 Å². The van der Waals surface area contributed by atoms with Gasteiger partial charge in [-0.1, -0.05) is 0 Å². The second-order valence-electron chi connectivity index (χ2n) is 3.58. The second-order valence-corrected chi connectivity index (χ2v) is 11.0. The fourth-order valence-electron chi connectivity index (χ4n) is 1.49.